The van der Waals surface area contributed by atoms with Crippen molar-refractivity contribution in [3.8, 4) is 5.75 Å². The molecule has 1 aliphatic heterocycles. The van der Waals surface area contributed by atoms with Crippen molar-refractivity contribution in [2.75, 3.05) is 26.2 Å². The van der Waals surface area contributed by atoms with E-state index in [9.17, 15) is 8.42 Å². The molecule has 2 N–H and O–H groups in total. The highest BCUT2D eigenvalue weighted by Gasteiger charge is 2.31. The molecule has 7 heteroatoms. The van der Waals surface area contributed by atoms with Gasteiger partial charge in [0.2, 0.25) is 10.0 Å². The molecule has 0 spiro atoms. The average molecular weight is 335 g/mol. The minimum Gasteiger partial charge on any atom is -0.494 e. The lowest BCUT2D eigenvalue weighted by Crippen LogP contribution is -2.30. The Bertz CT molecular complexity index is 534. The molecule has 1 aliphatic rings. The topological polar surface area (TPSA) is 72.6 Å². The second-order valence-electron chi connectivity index (χ2n) is 5.07. The zero-order valence-electron chi connectivity index (χ0n) is 12.2. The van der Waals surface area contributed by atoms with E-state index >= 15 is 0 Å². The Morgan fingerprint density at radius 1 is 1.33 bits per heavy atom. The molecule has 1 atom stereocenters. The third kappa shape index (κ3) is 4.32. The van der Waals surface area contributed by atoms with Crippen LogP contribution in [0.5, 0.6) is 5.75 Å². The van der Waals surface area contributed by atoms with Crippen molar-refractivity contribution >= 4 is 22.4 Å². The van der Waals surface area contributed by atoms with Gasteiger partial charge in [0.15, 0.2) is 0 Å². The van der Waals surface area contributed by atoms with Crippen LogP contribution >= 0.6 is 12.4 Å². The maximum atomic E-state index is 12.5. The van der Waals surface area contributed by atoms with Gasteiger partial charge in [0, 0.05) is 13.1 Å². The number of hydrogen-bond donors (Lipinski definition) is 1. The molecular weight excluding hydrogens is 312 g/mol. The van der Waals surface area contributed by atoms with Gasteiger partial charge in [-0.1, -0.05) is 6.92 Å². The summed E-state index contributed by atoms with van der Waals surface area (Å²) in [5.74, 6) is 0.976. The van der Waals surface area contributed by atoms with E-state index in [4.69, 9.17) is 10.5 Å². The molecular formula is C14H23ClN2O3S. The summed E-state index contributed by atoms with van der Waals surface area (Å²) in [6.45, 7) is 4.28. The molecule has 1 heterocycles. The van der Waals surface area contributed by atoms with Crippen molar-refractivity contribution in [2.24, 2.45) is 11.7 Å². The van der Waals surface area contributed by atoms with Crippen LogP contribution < -0.4 is 10.5 Å². The van der Waals surface area contributed by atoms with Crippen LogP contribution in [0, 0.1) is 5.92 Å². The Hall–Kier alpha value is -0.820. The molecule has 0 aromatic heterocycles. The fourth-order valence-electron chi connectivity index (χ4n) is 2.28. The van der Waals surface area contributed by atoms with Crippen LogP contribution in [0.25, 0.3) is 0 Å². The third-order valence-corrected chi connectivity index (χ3v) is 5.40. The van der Waals surface area contributed by atoms with Crippen LogP contribution in [0.15, 0.2) is 29.2 Å². The van der Waals surface area contributed by atoms with E-state index in [1.807, 2.05) is 6.92 Å². The molecule has 0 amide bonds. The number of hydrogen-bond acceptors (Lipinski definition) is 4. The summed E-state index contributed by atoms with van der Waals surface area (Å²) in [7, 11) is -3.40. The Kier molecular flexibility index (Phi) is 6.93. The molecule has 0 saturated carbocycles. The van der Waals surface area contributed by atoms with Crippen LogP contribution in [0.1, 0.15) is 19.8 Å². The molecule has 1 saturated heterocycles. The Morgan fingerprint density at radius 3 is 2.52 bits per heavy atom. The van der Waals surface area contributed by atoms with E-state index < -0.39 is 10.0 Å². The zero-order chi connectivity index (χ0) is 14.6. The summed E-state index contributed by atoms with van der Waals surface area (Å²) in [6.07, 6.45) is 1.77. The zero-order valence-corrected chi connectivity index (χ0v) is 13.8. The van der Waals surface area contributed by atoms with Gasteiger partial charge in [-0.15, -0.1) is 12.4 Å². The van der Waals surface area contributed by atoms with Gasteiger partial charge in [-0.05, 0) is 49.6 Å². The van der Waals surface area contributed by atoms with Gasteiger partial charge >= 0.3 is 0 Å². The summed E-state index contributed by atoms with van der Waals surface area (Å²) in [6, 6.07) is 6.63. The number of benzene rings is 1. The highest BCUT2D eigenvalue weighted by atomic mass is 35.5. The number of halogens is 1. The number of nitrogens with zero attached hydrogens (tertiary/aromatic N) is 1. The fraction of sp³-hybridized carbons (Fsp3) is 0.571. The summed E-state index contributed by atoms with van der Waals surface area (Å²) < 4.78 is 31.9. The summed E-state index contributed by atoms with van der Waals surface area (Å²) in [5.41, 5.74) is 5.61. The van der Waals surface area contributed by atoms with Crippen LogP contribution in [0.3, 0.4) is 0 Å². The predicted molar refractivity (Wildman–Crippen MR) is 85.4 cm³/mol. The van der Waals surface area contributed by atoms with E-state index in [2.05, 4.69) is 0 Å². The highest BCUT2D eigenvalue weighted by molar-refractivity contribution is 7.89. The van der Waals surface area contributed by atoms with Crippen molar-refractivity contribution in [2.45, 2.75) is 24.7 Å². The second kappa shape index (κ2) is 7.98. The Balaban J connectivity index is 0.00000220. The predicted octanol–water partition coefficient (Wildman–Crippen LogP) is 1.87. The molecule has 1 aromatic carbocycles. The molecule has 1 unspecified atom stereocenters. The molecule has 1 fully saturated rings. The monoisotopic (exact) mass is 334 g/mol. The van der Waals surface area contributed by atoms with Crippen LogP contribution in [-0.4, -0.2) is 39.0 Å². The number of nitrogens with two attached hydrogens (primary N) is 1. The lowest BCUT2D eigenvalue weighted by Gasteiger charge is -2.16. The Labute approximate surface area is 132 Å². The first-order chi connectivity index (χ1) is 9.57. The van der Waals surface area contributed by atoms with E-state index in [0.717, 1.165) is 12.8 Å². The minimum absolute atomic E-state index is 0. The van der Waals surface area contributed by atoms with Crippen molar-refractivity contribution in [3.05, 3.63) is 24.3 Å². The summed E-state index contributed by atoms with van der Waals surface area (Å²) in [5, 5.41) is 0. The molecule has 0 radical (unpaired) electrons. The maximum Gasteiger partial charge on any atom is 0.243 e. The molecule has 21 heavy (non-hydrogen) atoms. The van der Waals surface area contributed by atoms with E-state index in [1.54, 1.807) is 24.3 Å². The van der Waals surface area contributed by atoms with Crippen LogP contribution in [-0.2, 0) is 10.0 Å². The van der Waals surface area contributed by atoms with Gasteiger partial charge in [-0.25, -0.2) is 8.42 Å². The van der Waals surface area contributed by atoms with Gasteiger partial charge in [0.25, 0.3) is 0 Å². The molecule has 5 nitrogen and oxygen atoms in total. The van der Waals surface area contributed by atoms with Crippen LogP contribution in [0.4, 0.5) is 0 Å². The number of sulfonamides is 1. The minimum atomic E-state index is -3.40. The first kappa shape index (κ1) is 18.2. The van der Waals surface area contributed by atoms with E-state index in [0.29, 0.717) is 36.9 Å². The summed E-state index contributed by atoms with van der Waals surface area (Å²) >= 11 is 0. The highest BCUT2D eigenvalue weighted by Crippen LogP contribution is 2.25. The van der Waals surface area contributed by atoms with Crippen molar-refractivity contribution in [3.63, 3.8) is 0 Å². The van der Waals surface area contributed by atoms with E-state index in [-0.39, 0.29) is 18.3 Å². The van der Waals surface area contributed by atoms with Gasteiger partial charge in [-0.3, -0.25) is 0 Å². The van der Waals surface area contributed by atoms with Gasteiger partial charge < -0.3 is 10.5 Å². The molecule has 1 aromatic rings. The first-order valence-electron chi connectivity index (χ1n) is 7.01. The quantitative estimate of drug-likeness (QED) is 0.862. The number of rotatable bonds is 6. The van der Waals surface area contributed by atoms with Gasteiger partial charge in [0.05, 0.1) is 11.5 Å². The molecule has 0 bridgehead atoms. The van der Waals surface area contributed by atoms with Crippen molar-refractivity contribution < 1.29 is 13.2 Å². The van der Waals surface area contributed by atoms with Crippen molar-refractivity contribution in [1.82, 2.24) is 4.31 Å². The first-order valence-corrected chi connectivity index (χ1v) is 8.45. The molecule has 120 valence electrons. The third-order valence-electron chi connectivity index (χ3n) is 3.52. The lowest BCUT2D eigenvalue weighted by atomic mass is 10.1. The smallest absolute Gasteiger partial charge is 0.243 e. The SMILES string of the molecule is CCCOc1ccc(S(=O)(=O)N2CCC(CN)C2)cc1.Cl. The lowest BCUT2D eigenvalue weighted by molar-refractivity contribution is 0.317. The summed E-state index contributed by atoms with van der Waals surface area (Å²) in [4.78, 5) is 0.319. The van der Waals surface area contributed by atoms with Gasteiger partial charge in [0.1, 0.15) is 5.75 Å². The molecule has 2 rings (SSSR count). The normalized spacial score (nSPS) is 19.2. The largest absolute Gasteiger partial charge is 0.494 e. The average Bonchev–Trinajstić information content (AvgIpc) is 2.95. The fourth-order valence-corrected chi connectivity index (χ4v) is 3.82. The van der Waals surface area contributed by atoms with Crippen molar-refractivity contribution in [1.29, 1.82) is 0 Å². The molecule has 0 aliphatic carbocycles. The Morgan fingerprint density at radius 2 is 2.00 bits per heavy atom. The van der Waals surface area contributed by atoms with Crippen LogP contribution in [0.2, 0.25) is 0 Å². The maximum absolute atomic E-state index is 12.5. The van der Waals surface area contributed by atoms with Gasteiger partial charge in [-0.2, -0.15) is 4.31 Å². The second-order valence-corrected chi connectivity index (χ2v) is 7.01. The van der Waals surface area contributed by atoms with E-state index in [1.165, 1.54) is 4.31 Å². The number of ether oxygens (including phenoxy) is 1. The standard InChI is InChI=1S/C14H22N2O3S.ClH/c1-2-9-19-13-3-5-14(6-4-13)20(17,18)16-8-7-12(10-15)11-16;/h3-6,12H,2,7-11,15H2,1H3;1H.